The summed E-state index contributed by atoms with van der Waals surface area (Å²) in [6.45, 7) is 4.01. The van der Waals surface area contributed by atoms with E-state index < -0.39 is 5.97 Å². The Morgan fingerprint density at radius 2 is 1.93 bits per heavy atom. The zero-order valence-corrected chi connectivity index (χ0v) is 9.32. The Morgan fingerprint density at radius 3 is 2.47 bits per heavy atom. The molecule has 2 atom stereocenters. The standard InChI is InChI=1S/C12H20O3/c1-8-4-9-6-15-7-10(5-8)11(9)2-3-12(13)14/h8-11H,2-7H2,1H3,(H,13,14). The Labute approximate surface area is 90.8 Å². The Hall–Kier alpha value is -0.570. The van der Waals surface area contributed by atoms with Gasteiger partial charge >= 0.3 is 5.97 Å². The third-order valence-electron chi connectivity index (χ3n) is 3.98. The lowest BCUT2D eigenvalue weighted by molar-refractivity contribution is -0.138. The van der Waals surface area contributed by atoms with Crippen molar-refractivity contribution in [3.63, 3.8) is 0 Å². The molecule has 1 saturated heterocycles. The van der Waals surface area contributed by atoms with Crippen LogP contribution >= 0.6 is 0 Å². The van der Waals surface area contributed by atoms with E-state index >= 15 is 0 Å². The van der Waals surface area contributed by atoms with Crippen molar-refractivity contribution in [1.82, 2.24) is 0 Å². The largest absolute Gasteiger partial charge is 0.481 e. The number of hydrogen-bond acceptors (Lipinski definition) is 2. The van der Waals surface area contributed by atoms with Gasteiger partial charge in [0.1, 0.15) is 0 Å². The fourth-order valence-corrected chi connectivity index (χ4v) is 3.38. The Balaban J connectivity index is 1.95. The molecule has 0 radical (unpaired) electrons. The van der Waals surface area contributed by atoms with Crippen LogP contribution < -0.4 is 0 Å². The van der Waals surface area contributed by atoms with Crippen LogP contribution in [0, 0.1) is 23.7 Å². The summed E-state index contributed by atoms with van der Waals surface area (Å²) in [4.78, 5) is 10.6. The third-order valence-corrected chi connectivity index (χ3v) is 3.98. The predicted octanol–water partition coefficient (Wildman–Crippen LogP) is 2.16. The van der Waals surface area contributed by atoms with Gasteiger partial charge in [0.05, 0.1) is 0 Å². The van der Waals surface area contributed by atoms with Crippen molar-refractivity contribution in [2.45, 2.75) is 32.6 Å². The minimum Gasteiger partial charge on any atom is -0.481 e. The van der Waals surface area contributed by atoms with Crippen molar-refractivity contribution < 1.29 is 14.6 Å². The van der Waals surface area contributed by atoms with Gasteiger partial charge < -0.3 is 9.84 Å². The second-order valence-corrected chi connectivity index (χ2v) is 5.23. The molecule has 1 aliphatic carbocycles. The first kappa shape index (κ1) is 10.9. The van der Waals surface area contributed by atoms with E-state index in [0.717, 1.165) is 25.6 Å². The lowest BCUT2D eigenvalue weighted by Gasteiger charge is -2.44. The fourth-order valence-electron chi connectivity index (χ4n) is 3.38. The van der Waals surface area contributed by atoms with E-state index in [9.17, 15) is 4.79 Å². The number of rotatable bonds is 3. The number of carboxylic acid groups (broad SMARTS) is 1. The second kappa shape index (κ2) is 4.52. The number of aliphatic carboxylic acids is 1. The monoisotopic (exact) mass is 212 g/mol. The highest BCUT2D eigenvalue weighted by molar-refractivity contribution is 5.66. The molecule has 0 spiro atoms. The highest BCUT2D eigenvalue weighted by Crippen LogP contribution is 2.43. The van der Waals surface area contributed by atoms with Gasteiger partial charge in [0.15, 0.2) is 0 Å². The summed E-state index contributed by atoms with van der Waals surface area (Å²) in [7, 11) is 0. The quantitative estimate of drug-likeness (QED) is 0.779. The zero-order chi connectivity index (χ0) is 10.8. The van der Waals surface area contributed by atoms with Crippen LogP contribution in [0.4, 0.5) is 0 Å². The maximum Gasteiger partial charge on any atom is 0.303 e. The number of hydrogen-bond donors (Lipinski definition) is 1. The van der Waals surface area contributed by atoms with Crippen molar-refractivity contribution in [2.75, 3.05) is 13.2 Å². The summed E-state index contributed by atoms with van der Waals surface area (Å²) in [6.07, 6.45) is 3.62. The first-order valence-electron chi connectivity index (χ1n) is 5.96. The summed E-state index contributed by atoms with van der Waals surface area (Å²) < 4.78 is 5.57. The summed E-state index contributed by atoms with van der Waals surface area (Å²) in [5, 5.41) is 8.73. The average Bonchev–Trinajstić information content (AvgIpc) is 2.14. The van der Waals surface area contributed by atoms with Gasteiger partial charge in [-0.15, -0.1) is 0 Å². The van der Waals surface area contributed by atoms with Crippen LogP contribution in [0.3, 0.4) is 0 Å². The normalized spacial score (nSPS) is 40.1. The van der Waals surface area contributed by atoms with E-state index in [0.29, 0.717) is 24.2 Å². The second-order valence-electron chi connectivity index (χ2n) is 5.23. The molecular formula is C12H20O3. The van der Waals surface area contributed by atoms with Crippen LogP contribution in [-0.4, -0.2) is 24.3 Å². The SMILES string of the molecule is CC1CC2COCC(C1)C2CCC(=O)O. The summed E-state index contributed by atoms with van der Waals surface area (Å²) in [6, 6.07) is 0. The molecule has 2 fully saturated rings. The molecule has 2 aliphatic rings. The van der Waals surface area contributed by atoms with E-state index in [2.05, 4.69) is 6.92 Å². The molecule has 0 aromatic heterocycles. The molecular weight excluding hydrogens is 192 g/mol. The van der Waals surface area contributed by atoms with Gasteiger partial charge in [0, 0.05) is 19.6 Å². The summed E-state index contributed by atoms with van der Waals surface area (Å²) >= 11 is 0. The van der Waals surface area contributed by atoms with Gasteiger partial charge in [-0.05, 0) is 42.9 Å². The van der Waals surface area contributed by atoms with E-state index in [1.807, 2.05) is 0 Å². The van der Waals surface area contributed by atoms with Gasteiger partial charge in [-0.1, -0.05) is 6.92 Å². The van der Waals surface area contributed by atoms with Crippen LogP contribution in [0.2, 0.25) is 0 Å². The van der Waals surface area contributed by atoms with Crippen LogP contribution in [0.25, 0.3) is 0 Å². The Morgan fingerprint density at radius 1 is 1.33 bits per heavy atom. The number of carbonyl (C=O) groups is 1. The van der Waals surface area contributed by atoms with Gasteiger partial charge in [-0.25, -0.2) is 0 Å². The lowest BCUT2D eigenvalue weighted by atomic mass is 9.66. The van der Waals surface area contributed by atoms with Gasteiger partial charge in [-0.3, -0.25) is 4.79 Å². The molecule has 86 valence electrons. The lowest BCUT2D eigenvalue weighted by Crippen LogP contribution is -2.41. The predicted molar refractivity (Wildman–Crippen MR) is 56.6 cm³/mol. The molecule has 15 heavy (non-hydrogen) atoms. The van der Waals surface area contributed by atoms with Gasteiger partial charge in [-0.2, -0.15) is 0 Å². The maximum absolute atomic E-state index is 10.6. The van der Waals surface area contributed by atoms with Crippen molar-refractivity contribution in [2.24, 2.45) is 23.7 Å². The molecule has 1 aliphatic heterocycles. The molecule has 2 bridgehead atoms. The third kappa shape index (κ3) is 2.51. The van der Waals surface area contributed by atoms with Gasteiger partial charge in [0.2, 0.25) is 0 Å². The highest BCUT2D eigenvalue weighted by Gasteiger charge is 2.39. The zero-order valence-electron chi connectivity index (χ0n) is 9.32. The topological polar surface area (TPSA) is 46.5 Å². The Bertz CT molecular complexity index is 225. The molecule has 0 aromatic carbocycles. The van der Waals surface area contributed by atoms with E-state index in [-0.39, 0.29) is 0 Å². The molecule has 3 nitrogen and oxygen atoms in total. The Kier molecular flexibility index (Phi) is 3.29. The molecule has 3 heteroatoms. The molecule has 1 saturated carbocycles. The first-order valence-corrected chi connectivity index (χ1v) is 5.96. The summed E-state index contributed by atoms with van der Waals surface area (Å²) in [5.41, 5.74) is 0. The molecule has 1 N–H and O–H groups in total. The fraction of sp³-hybridized carbons (Fsp3) is 0.917. The van der Waals surface area contributed by atoms with Gasteiger partial charge in [0.25, 0.3) is 0 Å². The average molecular weight is 212 g/mol. The highest BCUT2D eigenvalue weighted by atomic mass is 16.5. The van der Waals surface area contributed by atoms with Crippen LogP contribution in [0.1, 0.15) is 32.6 Å². The summed E-state index contributed by atoms with van der Waals surface area (Å²) in [5.74, 6) is 1.97. The molecule has 0 aromatic rings. The number of ether oxygens (including phenoxy) is 1. The molecule has 2 unspecified atom stereocenters. The van der Waals surface area contributed by atoms with Crippen LogP contribution in [0.15, 0.2) is 0 Å². The van der Waals surface area contributed by atoms with Crippen LogP contribution in [-0.2, 0) is 9.53 Å². The first-order chi connectivity index (χ1) is 7.16. The van der Waals surface area contributed by atoms with E-state index in [1.165, 1.54) is 12.8 Å². The maximum atomic E-state index is 10.6. The smallest absolute Gasteiger partial charge is 0.303 e. The van der Waals surface area contributed by atoms with Crippen molar-refractivity contribution in [3.8, 4) is 0 Å². The number of carboxylic acids is 1. The van der Waals surface area contributed by atoms with Crippen molar-refractivity contribution in [1.29, 1.82) is 0 Å². The molecule has 1 heterocycles. The minimum atomic E-state index is -0.660. The van der Waals surface area contributed by atoms with Crippen molar-refractivity contribution >= 4 is 5.97 Å². The van der Waals surface area contributed by atoms with Crippen molar-refractivity contribution in [3.05, 3.63) is 0 Å². The minimum absolute atomic E-state index is 0.325. The number of fused-ring (bicyclic) bond motifs is 2. The van der Waals surface area contributed by atoms with E-state index in [4.69, 9.17) is 9.84 Å². The molecule has 0 amide bonds. The van der Waals surface area contributed by atoms with Crippen LogP contribution in [0.5, 0.6) is 0 Å². The van der Waals surface area contributed by atoms with E-state index in [1.54, 1.807) is 0 Å². The molecule has 2 rings (SSSR count).